The van der Waals surface area contributed by atoms with Crippen molar-refractivity contribution in [3.05, 3.63) is 71.9 Å². The van der Waals surface area contributed by atoms with Gasteiger partial charge in [-0.15, -0.1) is 0 Å². The minimum Gasteiger partial charge on any atom is -0.361 e. The number of benzene rings is 2. The van der Waals surface area contributed by atoms with Crippen LogP contribution in [0.25, 0.3) is 10.9 Å². The Bertz CT molecular complexity index is 1040. The zero-order valence-corrected chi connectivity index (χ0v) is 20.4. The molecular formula is C28H37N3O2. The fourth-order valence-electron chi connectivity index (χ4n) is 4.13. The van der Waals surface area contributed by atoms with E-state index in [1.807, 2.05) is 67.4 Å². The summed E-state index contributed by atoms with van der Waals surface area (Å²) in [5, 5.41) is 1.19. The molecule has 33 heavy (non-hydrogen) atoms. The molecule has 3 aromatic rings. The van der Waals surface area contributed by atoms with Gasteiger partial charge in [-0.1, -0.05) is 76.2 Å². The van der Waals surface area contributed by atoms with E-state index in [1.54, 1.807) is 4.90 Å². The fourth-order valence-corrected chi connectivity index (χ4v) is 4.13. The number of aromatic nitrogens is 1. The molecule has 2 aromatic carbocycles. The predicted molar refractivity (Wildman–Crippen MR) is 135 cm³/mol. The van der Waals surface area contributed by atoms with E-state index in [2.05, 4.69) is 31.0 Å². The number of carbonyl (C=O) groups is 2. The molecule has 0 aliphatic carbocycles. The van der Waals surface area contributed by atoms with Crippen molar-refractivity contribution in [1.29, 1.82) is 0 Å². The second kappa shape index (κ2) is 11.7. The van der Waals surface area contributed by atoms with E-state index < -0.39 is 0 Å². The zero-order chi connectivity index (χ0) is 23.8. The van der Waals surface area contributed by atoms with Crippen molar-refractivity contribution in [2.75, 3.05) is 19.6 Å². The van der Waals surface area contributed by atoms with Crippen LogP contribution in [0.3, 0.4) is 0 Å². The third-order valence-corrected chi connectivity index (χ3v) is 5.74. The summed E-state index contributed by atoms with van der Waals surface area (Å²) >= 11 is 0. The second-order valence-electron chi connectivity index (χ2n) is 9.68. The highest BCUT2D eigenvalue weighted by molar-refractivity contribution is 5.85. The molecule has 1 N–H and O–H groups in total. The average molecular weight is 448 g/mol. The monoisotopic (exact) mass is 447 g/mol. The highest BCUT2D eigenvalue weighted by Gasteiger charge is 2.23. The lowest BCUT2D eigenvalue weighted by Crippen LogP contribution is -2.44. The number of H-pyrrole nitrogens is 1. The van der Waals surface area contributed by atoms with E-state index >= 15 is 0 Å². The number of nitrogens with one attached hydrogen (secondary N) is 1. The number of hydrogen-bond donors (Lipinski definition) is 1. The van der Waals surface area contributed by atoms with Crippen molar-refractivity contribution in [2.24, 2.45) is 11.8 Å². The second-order valence-corrected chi connectivity index (χ2v) is 9.68. The average Bonchev–Trinajstić information content (AvgIpc) is 3.19. The maximum atomic E-state index is 13.5. The third-order valence-electron chi connectivity index (χ3n) is 5.74. The Morgan fingerprint density at radius 2 is 1.55 bits per heavy atom. The summed E-state index contributed by atoms with van der Waals surface area (Å²) in [4.78, 5) is 33.3. The van der Waals surface area contributed by atoms with Crippen LogP contribution in [0.15, 0.2) is 60.8 Å². The number of rotatable bonds is 11. The fraction of sp³-hybridized carbons (Fsp3) is 0.429. The Morgan fingerprint density at radius 3 is 2.24 bits per heavy atom. The first-order valence-electron chi connectivity index (χ1n) is 12.0. The molecule has 0 aliphatic rings. The van der Waals surface area contributed by atoms with Gasteiger partial charge in [-0.25, -0.2) is 0 Å². The van der Waals surface area contributed by atoms with E-state index in [9.17, 15) is 9.59 Å². The molecule has 176 valence electrons. The summed E-state index contributed by atoms with van der Waals surface area (Å²) in [5.74, 6) is 0.632. The van der Waals surface area contributed by atoms with Gasteiger partial charge in [-0.05, 0) is 35.4 Å². The molecule has 1 heterocycles. The largest absolute Gasteiger partial charge is 0.361 e. The van der Waals surface area contributed by atoms with Crippen LogP contribution in [-0.2, 0) is 22.6 Å². The molecule has 1 aromatic heterocycles. The molecule has 0 unspecified atom stereocenters. The number of hydrogen-bond acceptors (Lipinski definition) is 2. The molecule has 2 amide bonds. The van der Waals surface area contributed by atoms with Gasteiger partial charge in [-0.3, -0.25) is 9.59 Å². The van der Waals surface area contributed by atoms with Gasteiger partial charge in [0, 0.05) is 43.2 Å². The Hall–Kier alpha value is -3.08. The summed E-state index contributed by atoms with van der Waals surface area (Å²) in [5.41, 5.74) is 3.40. The molecule has 0 radical (unpaired) electrons. The standard InChI is InChI=1S/C28H37N3O2/c1-21(2)16-27(32)31(18-22(3)4)20-28(33)30(19-23-10-6-5-7-11-23)15-14-24-17-29-26-13-9-8-12-25(24)26/h5-13,17,21-22,29H,14-16,18-20H2,1-4H3. The van der Waals surface area contributed by atoms with Gasteiger partial charge in [0.1, 0.15) is 0 Å². The van der Waals surface area contributed by atoms with E-state index in [0.29, 0.717) is 32.0 Å². The lowest BCUT2D eigenvalue weighted by atomic mass is 10.1. The molecule has 0 bridgehead atoms. The Morgan fingerprint density at radius 1 is 0.848 bits per heavy atom. The number of para-hydroxylation sites is 1. The SMILES string of the molecule is CC(C)CC(=O)N(CC(=O)N(CCc1c[nH]c2ccccc12)Cc1ccccc1)CC(C)C. The number of carbonyl (C=O) groups excluding carboxylic acids is 2. The maximum Gasteiger partial charge on any atom is 0.242 e. The van der Waals surface area contributed by atoms with Crippen LogP contribution in [0.4, 0.5) is 0 Å². The smallest absolute Gasteiger partial charge is 0.242 e. The number of aromatic amines is 1. The molecule has 0 saturated carbocycles. The molecule has 5 nitrogen and oxygen atoms in total. The highest BCUT2D eigenvalue weighted by Crippen LogP contribution is 2.19. The molecule has 0 saturated heterocycles. The molecule has 5 heteroatoms. The van der Waals surface area contributed by atoms with Crippen molar-refractivity contribution in [3.8, 4) is 0 Å². The summed E-state index contributed by atoms with van der Waals surface area (Å²) in [6, 6.07) is 18.3. The first-order valence-corrected chi connectivity index (χ1v) is 12.0. The summed E-state index contributed by atoms with van der Waals surface area (Å²) in [7, 11) is 0. The van der Waals surface area contributed by atoms with Gasteiger partial charge < -0.3 is 14.8 Å². The van der Waals surface area contributed by atoms with E-state index in [0.717, 1.165) is 17.5 Å². The zero-order valence-electron chi connectivity index (χ0n) is 20.4. The van der Waals surface area contributed by atoms with E-state index in [1.165, 1.54) is 10.9 Å². The van der Waals surface area contributed by atoms with E-state index in [-0.39, 0.29) is 24.3 Å². The molecule has 0 spiro atoms. The van der Waals surface area contributed by atoms with Gasteiger partial charge in [0.05, 0.1) is 6.54 Å². The minimum atomic E-state index is -0.00329. The summed E-state index contributed by atoms with van der Waals surface area (Å²) in [6.45, 7) is 10.1. The summed E-state index contributed by atoms with van der Waals surface area (Å²) in [6.07, 6.45) is 3.26. The molecule has 0 atom stereocenters. The van der Waals surface area contributed by atoms with Crippen LogP contribution >= 0.6 is 0 Å². The van der Waals surface area contributed by atoms with Crippen LogP contribution in [0, 0.1) is 11.8 Å². The van der Waals surface area contributed by atoms with Crippen LogP contribution in [0.5, 0.6) is 0 Å². The Balaban J connectivity index is 1.76. The van der Waals surface area contributed by atoms with Gasteiger partial charge in [0.2, 0.25) is 11.8 Å². The molecule has 0 aliphatic heterocycles. The Labute approximate surface area is 197 Å². The van der Waals surface area contributed by atoms with Crippen LogP contribution in [-0.4, -0.2) is 46.2 Å². The van der Waals surface area contributed by atoms with Gasteiger partial charge in [0.15, 0.2) is 0 Å². The van der Waals surface area contributed by atoms with Crippen molar-refractivity contribution in [1.82, 2.24) is 14.8 Å². The third kappa shape index (κ3) is 7.21. The lowest BCUT2D eigenvalue weighted by molar-refractivity contribution is -0.141. The van der Waals surface area contributed by atoms with Crippen molar-refractivity contribution >= 4 is 22.7 Å². The minimum absolute atomic E-state index is 0.00329. The number of fused-ring (bicyclic) bond motifs is 1. The van der Waals surface area contributed by atoms with Crippen LogP contribution < -0.4 is 0 Å². The van der Waals surface area contributed by atoms with Crippen LogP contribution in [0.2, 0.25) is 0 Å². The summed E-state index contributed by atoms with van der Waals surface area (Å²) < 4.78 is 0. The van der Waals surface area contributed by atoms with Crippen molar-refractivity contribution in [3.63, 3.8) is 0 Å². The maximum absolute atomic E-state index is 13.5. The lowest BCUT2D eigenvalue weighted by Gasteiger charge is -2.29. The Kier molecular flexibility index (Phi) is 8.70. The first kappa shape index (κ1) is 24.6. The normalized spacial score (nSPS) is 11.3. The quantitative estimate of drug-likeness (QED) is 0.435. The van der Waals surface area contributed by atoms with Gasteiger partial charge in [0.25, 0.3) is 0 Å². The predicted octanol–water partition coefficient (Wildman–Crippen LogP) is 5.27. The molecule has 3 rings (SSSR count). The van der Waals surface area contributed by atoms with E-state index in [4.69, 9.17) is 0 Å². The topological polar surface area (TPSA) is 56.4 Å². The van der Waals surface area contributed by atoms with Crippen LogP contribution in [0.1, 0.15) is 45.2 Å². The van der Waals surface area contributed by atoms with Gasteiger partial charge in [-0.2, -0.15) is 0 Å². The number of amides is 2. The molecule has 0 fully saturated rings. The number of nitrogens with zero attached hydrogens (tertiary/aromatic N) is 2. The van der Waals surface area contributed by atoms with Crippen molar-refractivity contribution in [2.45, 2.75) is 47.1 Å². The highest BCUT2D eigenvalue weighted by atomic mass is 16.2. The van der Waals surface area contributed by atoms with Gasteiger partial charge >= 0.3 is 0 Å². The molecular weight excluding hydrogens is 410 g/mol. The van der Waals surface area contributed by atoms with Crippen molar-refractivity contribution < 1.29 is 9.59 Å². The first-order chi connectivity index (χ1) is 15.8.